The smallest absolute Gasteiger partial charge is 0.240 e. The van der Waals surface area contributed by atoms with Crippen molar-refractivity contribution in [1.82, 2.24) is 9.62 Å². The van der Waals surface area contributed by atoms with E-state index in [2.05, 4.69) is 44.3 Å². The average molecular weight is 479 g/mol. The Labute approximate surface area is 163 Å². The van der Waals surface area contributed by atoms with E-state index in [0.29, 0.717) is 4.90 Å². The molecular formula is C17H20ClIN2O2S. The van der Waals surface area contributed by atoms with Gasteiger partial charge in [0.1, 0.15) is 0 Å². The molecule has 1 aliphatic rings. The number of halogens is 2. The van der Waals surface area contributed by atoms with Gasteiger partial charge in [0, 0.05) is 29.2 Å². The van der Waals surface area contributed by atoms with Crippen LogP contribution in [0.5, 0.6) is 0 Å². The molecule has 0 spiro atoms. The lowest BCUT2D eigenvalue weighted by Crippen LogP contribution is -2.36. The molecule has 0 aliphatic carbocycles. The first kappa shape index (κ1) is 19.7. The van der Waals surface area contributed by atoms with Gasteiger partial charge in [0.2, 0.25) is 10.0 Å². The second kappa shape index (κ2) is 8.62. The monoisotopic (exact) mass is 478 g/mol. The van der Waals surface area contributed by atoms with Gasteiger partial charge in [-0.05, 0) is 58.8 Å². The highest BCUT2D eigenvalue weighted by molar-refractivity contribution is 14.1. The molecule has 4 nitrogen and oxygen atoms in total. The van der Waals surface area contributed by atoms with Crippen molar-refractivity contribution in [2.45, 2.75) is 23.9 Å². The number of nitrogens with one attached hydrogen (secondary N) is 1. The zero-order valence-corrected chi connectivity index (χ0v) is 16.9. The first-order valence-corrected chi connectivity index (χ1v) is 10.1. The number of hydrogen-bond donors (Lipinski definition) is 1. The van der Waals surface area contributed by atoms with Crippen molar-refractivity contribution >= 4 is 45.0 Å². The summed E-state index contributed by atoms with van der Waals surface area (Å²) < 4.78 is 28.7. The van der Waals surface area contributed by atoms with Crippen LogP contribution in [0.15, 0.2) is 59.5 Å². The fourth-order valence-electron chi connectivity index (χ4n) is 2.82. The van der Waals surface area contributed by atoms with Gasteiger partial charge in [-0.25, -0.2) is 13.1 Å². The first-order chi connectivity index (χ1) is 11.0. The molecule has 1 N–H and O–H groups in total. The summed E-state index contributed by atoms with van der Waals surface area (Å²) >= 11 is 2.17. The maximum Gasteiger partial charge on any atom is 0.240 e. The Morgan fingerprint density at radius 2 is 1.75 bits per heavy atom. The second-order valence-corrected chi connectivity index (χ2v) is 8.74. The summed E-state index contributed by atoms with van der Waals surface area (Å²) in [6.07, 6.45) is 0.844. The normalized spacial score (nSPS) is 18.3. The fraction of sp³-hybridized carbons (Fsp3) is 0.294. The molecule has 2 aromatic carbocycles. The molecule has 130 valence electrons. The molecule has 1 aliphatic heterocycles. The van der Waals surface area contributed by atoms with Crippen molar-refractivity contribution in [2.75, 3.05) is 13.1 Å². The lowest BCUT2D eigenvalue weighted by Gasteiger charge is -2.17. The molecule has 0 aromatic heterocycles. The third kappa shape index (κ3) is 5.16. The average Bonchev–Trinajstić information content (AvgIpc) is 2.95. The Balaban J connectivity index is 0.00000208. The minimum absolute atomic E-state index is 0. The largest absolute Gasteiger partial charge is 0.297 e. The molecular weight excluding hydrogens is 459 g/mol. The van der Waals surface area contributed by atoms with Crippen LogP contribution in [0, 0.1) is 3.57 Å². The van der Waals surface area contributed by atoms with E-state index >= 15 is 0 Å². The summed E-state index contributed by atoms with van der Waals surface area (Å²) in [4.78, 5) is 2.62. The molecule has 0 bridgehead atoms. The van der Waals surface area contributed by atoms with Crippen molar-refractivity contribution < 1.29 is 8.42 Å². The van der Waals surface area contributed by atoms with Gasteiger partial charge in [-0.2, -0.15) is 0 Å². The summed E-state index contributed by atoms with van der Waals surface area (Å²) in [6.45, 7) is 2.52. The van der Waals surface area contributed by atoms with Crippen LogP contribution in [0.2, 0.25) is 0 Å². The maximum absolute atomic E-state index is 12.4. The van der Waals surface area contributed by atoms with Crippen LogP contribution in [0.3, 0.4) is 0 Å². The van der Waals surface area contributed by atoms with Crippen molar-refractivity contribution in [3.05, 3.63) is 63.7 Å². The van der Waals surface area contributed by atoms with Gasteiger partial charge in [0.05, 0.1) is 4.90 Å². The van der Waals surface area contributed by atoms with Crippen molar-refractivity contribution in [2.24, 2.45) is 0 Å². The summed E-state index contributed by atoms with van der Waals surface area (Å²) in [5.74, 6) is 0. The number of hydrogen-bond acceptors (Lipinski definition) is 3. The van der Waals surface area contributed by atoms with Crippen LogP contribution in [-0.4, -0.2) is 32.4 Å². The summed E-state index contributed by atoms with van der Waals surface area (Å²) in [6, 6.07) is 17.2. The van der Waals surface area contributed by atoms with Gasteiger partial charge in [-0.1, -0.05) is 30.3 Å². The number of rotatable bonds is 5. The molecule has 1 heterocycles. The number of benzene rings is 2. The van der Waals surface area contributed by atoms with Crippen LogP contribution in [-0.2, 0) is 16.6 Å². The number of nitrogens with zero attached hydrogens (tertiary/aromatic N) is 1. The van der Waals surface area contributed by atoms with Crippen molar-refractivity contribution in [3.63, 3.8) is 0 Å². The standard InChI is InChI=1S/C17H19IN2O2S.ClH/c18-15-6-8-17(9-7-15)23(21,22)19-16-10-11-20(13-16)12-14-4-2-1-3-5-14;/h1-9,16,19H,10-13H2;1H/t16-;/m0./s1. The van der Waals surface area contributed by atoms with Gasteiger partial charge in [-0.15, -0.1) is 12.4 Å². The van der Waals surface area contributed by atoms with Gasteiger partial charge in [0.25, 0.3) is 0 Å². The lowest BCUT2D eigenvalue weighted by atomic mass is 10.2. The van der Waals surface area contributed by atoms with Crippen LogP contribution >= 0.6 is 35.0 Å². The predicted molar refractivity (Wildman–Crippen MR) is 107 cm³/mol. The highest BCUT2D eigenvalue weighted by Crippen LogP contribution is 2.17. The van der Waals surface area contributed by atoms with Crippen LogP contribution in [0.25, 0.3) is 0 Å². The summed E-state index contributed by atoms with van der Waals surface area (Å²) in [5, 5.41) is 0. The second-order valence-electron chi connectivity index (χ2n) is 5.78. The van der Waals surface area contributed by atoms with E-state index in [1.807, 2.05) is 30.3 Å². The number of likely N-dealkylation sites (tertiary alicyclic amines) is 1. The van der Waals surface area contributed by atoms with Gasteiger partial charge < -0.3 is 0 Å². The highest BCUT2D eigenvalue weighted by atomic mass is 127. The quantitative estimate of drug-likeness (QED) is 0.671. The first-order valence-electron chi connectivity index (χ1n) is 7.57. The van der Waals surface area contributed by atoms with E-state index < -0.39 is 10.0 Å². The van der Waals surface area contributed by atoms with Gasteiger partial charge in [-0.3, -0.25) is 4.90 Å². The lowest BCUT2D eigenvalue weighted by molar-refractivity contribution is 0.324. The third-order valence-electron chi connectivity index (χ3n) is 3.97. The van der Waals surface area contributed by atoms with E-state index in [1.165, 1.54) is 5.56 Å². The minimum atomic E-state index is -3.44. The topological polar surface area (TPSA) is 49.4 Å². The predicted octanol–water partition coefficient (Wildman–Crippen LogP) is 3.27. The van der Waals surface area contributed by atoms with Gasteiger partial charge in [0.15, 0.2) is 0 Å². The Morgan fingerprint density at radius 1 is 1.08 bits per heavy atom. The van der Waals surface area contributed by atoms with E-state index in [-0.39, 0.29) is 18.4 Å². The zero-order chi connectivity index (χ0) is 16.3. The maximum atomic E-state index is 12.4. The van der Waals surface area contributed by atoms with Gasteiger partial charge >= 0.3 is 0 Å². The Kier molecular flexibility index (Phi) is 7.06. The van der Waals surface area contributed by atoms with Crippen LogP contribution in [0.1, 0.15) is 12.0 Å². The van der Waals surface area contributed by atoms with E-state index in [9.17, 15) is 8.42 Å². The third-order valence-corrected chi connectivity index (χ3v) is 6.22. The van der Waals surface area contributed by atoms with E-state index in [1.54, 1.807) is 12.1 Å². The SMILES string of the molecule is Cl.O=S(=O)(N[C@H]1CCN(Cc2ccccc2)C1)c1ccc(I)cc1. The van der Waals surface area contributed by atoms with Crippen LogP contribution < -0.4 is 4.72 Å². The molecule has 0 unspecified atom stereocenters. The van der Waals surface area contributed by atoms with Crippen molar-refractivity contribution in [1.29, 1.82) is 0 Å². The Morgan fingerprint density at radius 3 is 2.42 bits per heavy atom. The molecule has 0 amide bonds. The Bertz CT molecular complexity index is 754. The molecule has 7 heteroatoms. The van der Waals surface area contributed by atoms with Crippen LogP contribution in [0.4, 0.5) is 0 Å². The van der Waals surface area contributed by atoms with E-state index in [0.717, 1.165) is 29.6 Å². The fourth-order valence-corrected chi connectivity index (χ4v) is 4.44. The molecule has 1 saturated heterocycles. The highest BCUT2D eigenvalue weighted by Gasteiger charge is 2.27. The minimum Gasteiger partial charge on any atom is -0.297 e. The molecule has 24 heavy (non-hydrogen) atoms. The van der Waals surface area contributed by atoms with E-state index in [4.69, 9.17) is 0 Å². The number of sulfonamides is 1. The summed E-state index contributed by atoms with van der Waals surface area (Å²) in [7, 11) is -3.44. The Hall–Kier alpha value is -0.670. The molecule has 3 rings (SSSR count). The molecule has 1 atom stereocenters. The zero-order valence-electron chi connectivity index (χ0n) is 13.1. The van der Waals surface area contributed by atoms with Crippen molar-refractivity contribution in [3.8, 4) is 0 Å². The molecule has 2 aromatic rings. The summed E-state index contributed by atoms with van der Waals surface area (Å²) in [5.41, 5.74) is 1.26. The molecule has 0 radical (unpaired) electrons. The molecule has 1 fully saturated rings. The molecule has 0 saturated carbocycles.